The van der Waals surface area contributed by atoms with E-state index in [1.807, 2.05) is 4.90 Å². The van der Waals surface area contributed by atoms with Crippen molar-refractivity contribution in [3.63, 3.8) is 0 Å². The molecule has 0 unspecified atom stereocenters. The van der Waals surface area contributed by atoms with Crippen molar-refractivity contribution < 1.29 is 17.9 Å². The van der Waals surface area contributed by atoms with E-state index in [0.717, 1.165) is 19.3 Å². The molecule has 144 valence electrons. The number of rotatable bonds is 4. The monoisotopic (exact) mass is 382 g/mol. The summed E-state index contributed by atoms with van der Waals surface area (Å²) < 4.78 is 30.4. The normalized spacial score (nSPS) is 19.4. The maximum absolute atomic E-state index is 12.7. The van der Waals surface area contributed by atoms with Crippen molar-refractivity contribution in [1.29, 1.82) is 0 Å². The third-order valence-electron chi connectivity index (χ3n) is 5.04. The minimum atomic E-state index is -3.40. The van der Waals surface area contributed by atoms with Crippen molar-refractivity contribution in [2.75, 3.05) is 37.7 Å². The van der Waals surface area contributed by atoms with E-state index in [2.05, 4.69) is 10.2 Å². The number of hydrogen-bond acceptors (Lipinski definition) is 7. The number of amides is 1. The minimum absolute atomic E-state index is 0.0679. The topological polar surface area (TPSA) is 92.7 Å². The largest absolute Gasteiger partial charge is 0.450 e. The fourth-order valence-corrected chi connectivity index (χ4v) is 5.22. The van der Waals surface area contributed by atoms with Gasteiger partial charge in [0, 0.05) is 26.2 Å². The van der Waals surface area contributed by atoms with Crippen molar-refractivity contribution in [2.24, 2.45) is 0 Å². The molecule has 0 radical (unpaired) electrons. The van der Waals surface area contributed by atoms with Gasteiger partial charge in [-0.1, -0.05) is 19.3 Å². The molecular weight excluding hydrogens is 356 g/mol. The second-order valence-corrected chi connectivity index (χ2v) is 8.88. The summed E-state index contributed by atoms with van der Waals surface area (Å²) in [5.41, 5.74) is 0. The molecular formula is C17H26N4O4S. The van der Waals surface area contributed by atoms with Crippen LogP contribution in [0.2, 0.25) is 0 Å². The molecule has 1 amide bonds. The van der Waals surface area contributed by atoms with Crippen molar-refractivity contribution in [1.82, 2.24) is 15.1 Å². The maximum Gasteiger partial charge on any atom is 0.409 e. The Balaban J connectivity index is 1.62. The zero-order chi connectivity index (χ0) is 18.6. The average molecular weight is 382 g/mol. The number of aromatic nitrogens is 2. The fourth-order valence-electron chi connectivity index (χ4n) is 3.51. The van der Waals surface area contributed by atoms with E-state index in [9.17, 15) is 13.2 Å². The number of carbonyl (C=O) groups is 1. The van der Waals surface area contributed by atoms with Gasteiger partial charge in [0.15, 0.2) is 20.7 Å². The molecule has 1 aromatic rings. The highest BCUT2D eigenvalue weighted by Gasteiger charge is 2.31. The van der Waals surface area contributed by atoms with Crippen LogP contribution < -0.4 is 4.90 Å². The van der Waals surface area contributed by atoms with Gasteiger partial charge < -0.3 is 14.5 Å². The first kappa shape index (κ1) is 18.9. The molecule has 0 N–H and O–H groups in total. The number of carbonyl (C=O) groups excluding carboxylic acids is 1. The van der Waals surface area contributed by atoms with E-state index < -0.39 is 9.84 Å². The zero-order valence-electron chi connectivity index (χ0n) is 15.1. The lowest BCUT2D eigenvalue weighted by molar-refractivity contribution is 0.105. The van der Waals surface area contributed by atoms with Crippen molar-refractivity contribution in [3.05, 3.63) is 12.1 Å². The number of nitrogens with zero attached hydrogens (tertiary/aromatic N) is 4. The van der Waals surface area contributed by atoms with Gasteiger partial charge in [-0.3, -0.25) is 0 Å². The van der Waals surface area contributed by atoms with Crippen LogP contribution in [-0.2, 0) is 14.6 Å². The van der Waals surface area contributed by atoms with Crippen LogP contribution in [0.5, 0.6) is 0 Å². The highest BCUT2D eigenvalue weighted by molar-refractivity contribution is 7.92. The summed E-state index contributed by atoms with van der Waals surface area (Å²) in [4.78, 5) is 15.4. The Morgan fingerprint density at radius 3 is 2.38 bits per heavy atom. The summed E-state index contributed by atoms with van der Waals surface area (Å²) in [7, 11) is -3.40. The Morgan fingerprint density at radius 2 is 1.81 bits per heavy atom. The minimum Gasteiger partial charge on any atom is -0.450 e. The molecule has 2 heterocycles. The molecule has 2 fully saturated rings. The first-order valence-electron chi connectivity index (χ1n) is 9.26. The number of anilines is 1. The van der Waals surface area contributed by atoms with Crippen LogP contribution in [0.1, 0.15) is 39.0 Å². The smallest absolute Gasteiger partial charge is 0.409 e. The predicted molar refractivity (Wildman–Crippen MR) is 96.9 cm³/mol. The first-order valence-corrected chi connectivity index (χ1v) is 10.8. The maximum atomic E-state index is 12.7. The molecule has 0 aromatic carbocycles. The van der Waals surface area contributed by atoms with Gasteiger partial charge >= 0.3 is 6.09 Å². The lowest BCUT2D eigenvalue weighted by Gasteiger charge is -2.34. The Kier molecular flexibility index (Phi) is 5.95. The molecule has 0 atom stereocenters. The van der Waals surface area contributed by atoms with Gasteiger partial charge in [0.25, 0.3) is 0 Å². The molecule has 26 heavy (non-hydrogen) atoms. The van der Waals surface area contributed by atoms with Crippen molar-refractivity contribution in [2.45, 2.75) is 49.3 Å². The molecule has 1 saturated carbocycles. The van der Waals surface area contributed by atoms with Crippen LogP contribution in [0.4, 0.5) is 10.6 Å². The molecule has 0 bridgehead atoms. The Morgan fingerprint density at radius 1 is 1.12 bits per heavy atom. The molecule has 9 heteroatoms. The summed E-state index contributed by atoms with van der Waals surface area (Å²) in [6.07, 6.45) is 4.14. The van der Waals surface area contributed by atoms with Crippen LogP contribution in [0.15, 0.2) is 17.2 Å². The number of hydrogen-bond donors (Lipinski definition) is 0. The van der Waals surface area contributed by atoms with Crippen LogP contribution in [-0.4, -0.2) is 67.6 Å². The third kappa shape index (κ3) is 4.08. The molecule has 1 aliphatic heterocycles. The second-order valence-electron chi connectivity index (χ2n) is 6.71. The fraction of sp³-hybridized carbons (Fsp3) is 0.706. The summed E-state index contributed by atoms with van der Waals surface area (Å²) in [6, 6.07) is 3.27. The molecule has 1 aliphatic carbocycles. The van der Waals surface area contributed by atoms with Crippen LogP contribution in [0, 0.1) is 0 Å². The summed E-state index contributed by atoms with van der Waals surface area (Å²) in [5, 5.41) is 7.87. The SMILES string of the molecule is CCOC(=O)N1CCN(c2ccc(S(=O)(=O)C3CCCCC3)nn2)CC1. The number of sulfone groups is 1. The van der Waals surface area contributed by atoms with Gasteiger partial charge in [-0.05, 0) is 31.9 Å². The van der Waals surface area contributed by atoms with Crippen LogP contribution in [0.3, 0.4) is 0 Å². The lowest BCUT2D eigenvalue weighted by Crippen LogP contribution is -2.49. The molecule has 2 aliphatic rings. The van der Waals surface area contributed by atoms with E-state index in [1.54, 1.807) is 24.0 Å². The van der Waals surface area contributed by atoms with Gasteiger partial charge in [0.1, 0.15) is 0 Å². The standard InChI is InChI=1S/C17H26N4O4S/c1-2-25-17(22)21-12-10-20(11-13-21)15-8-9-16(19-18-15)26(23,24)14-6-4-3-5-7-14/h8-9,14H,2-7,10-13H2,1H3. The van der Waals surface area contributed by atoms with Gasteiger partial charge in [-0.2, -0.15) is 0 Å². The van der Waals surface area contributed by atoms with Crippen molar-refractivity contribution in [3.8, 4) is 0 Å². The highest BCUT2D eigenvalue weighted by atomic mass is 32.2. The van der Waals surface area contributed by atoms with Gasteiger partial charge in [-0.25, -0.2) is 13.2 Å². The predicted octanol–water partition coefficient (Wildman–Crippen LogP) is 1.86. The summed E-state index contributed by atoms with van der Waals surface area (Å²) >= 11 is 0. The van der Waals surface area contributed by atoms with Gasteiger partial charge in [0.2, 0.25) is 0 Å². The summed E-state index contributed by atoms with van der Waals surface area (Å²) in [5.74, 6) is 0.635. The second kappa shape index (κ2) is 8.20. The van der Waals surface area contributed by atoms with Crippen molar-refractivity contribution >= 4 is 21.7 Å². The number of ether oxygens (including phenoxy) is 1. The Hall–Kier alpha value is -1.90. The zero-order valence-corrected chi connectivity index (χ0v) is 15.9. The number of piperazine rings is 1. The van der Waals surface area contributed by atoms with E-state index in [0.29, 0.717) is 51.4 Å². The van der Waals surface area contributed by atoms with E-state index in [1.165, 1.54) is 0 Å². The van der Waals surface area contributed by atoms with Crippen LogP contribution in [0.25, 0.3) is 0 Å². The quantitative estimate of drug-likeness (QED) is 0.785. The average Bonchev–Trinajstić information content (AvgIpc) is 2.69. The van der Waals surface area contributed by atoms with E-state index in [4.69, 9.17) is 4.74 Å². The molecule has 8 nitrogen and oxygen atoms in total. The Bertz CT molecular complexity index is 709. The van der Waals surface area contributed by atoms with E-state index >= 15 is 0 Å². The van der Waals surface area contributed by atoms with Gasteiger partial charge in [0.05, 0.1) is 11.9 Å². The highest BCUT2D eigenvalue weighted by Crippen LogP contribution is 2.28. The lowest BCUT2D eigenvalue weighted by atomic mass is 10.0. The molecule has 1 saturated heterocycles. The third-order valence-corrected chi connectivity index (χ3v) is 7.19. The Labute approximate surface area is 154 Å². The van der Waals surface area contributed by atoms with Gasteiger partial charge in [-0.15, -0.1) is 10.2 Å². The molecule has 3 rings (SSSR count). The van der Waals surface area contributed by atoms with Crippen LogP contribution >= 0.6 is 0 Å². The summed E-state index contributed by atoms with van der Waals surface area (Å²) in [6.45, 7) is 4.46. The molecule has 1 aromatic heterocycles. The molecule has 0 spiro atoms. The van der Waals surface area contributed by atoms with E-state index in [-0.39, 0.29) is 16.4 Å². The first-order chi connectivity index (χ1) is 12.5.